The van der Waals surface area contributed by atoms with Gasteiger partial charge in [0.2, 0.25) is 0 Å². The maximum Gasteiger partial charge on any atom is 0.0948 e. The average Bonchev–Trinajstić information content (AvgIpc) is 0.735. The molecule has 0 aliphatic heterocycles. The number of hydrogen-bond acceptors (Lipinski definition) is 9. The van der Waals surface area contributed by atoms with Crippen LogP contribution in [0.25, 0.3) is 176 Å². The second kappa shape index (κ2) is 30.3. The van der Waals surface area contributed by atoms with E-state index in [0.29, 0.717) is 0 Å². The van der Waals surface area contributed by atoms with Crippen LogP contribution in [0.4, 0.5) is 17.1 Å². The van der Waals surface area contributed by atoms with Gasteiger partial charge in [-0.1, -0.05) is 246 Å². The Kier molecular flexibility index (Phi) is 19.1. The summed E-state index contributed by atoms with van der Waals surface area (Å²) in [6.45, 7) is 0. The largest absolute Gasteiger partial charge is 0.305 e. The second-order valence-corrected chi connectivity index (χ2v) is 26.2. The minimum absolute atomic E-state index is 0. The Morgan fingerprint density at radius 1 is 0.211 bits per heavy atom. The molecule has 0 atom stereocenters. The van der Waals surface area contributed by atoms with Gasteiger partial charge >= 0.3 is 0 Å². The molecule has 0 saturated heterocycles. The molecule has 0 aliphatic carbocycles. The minimum Gasteiger partial charge on any atom is -0.305 e. The van der Waals surface area contributed by atoms with Crippen LogP contribution in [0.2, 0.25) is 0 Å². The molecule has 0 saturated carbocycles. The number of benzene rings is 13. The van der Waals surface area contributed by atoms with Crippen LogP contribution in [0.5, 0.6) is 0 Å². The zero-order valence-electron chi connectivity index (χ0n) is 58.4. The summed E-state index contributed by atoms with van der Waals surface area (Å²) in [5, 5.41) is 16.0. The van der Waals surface area contributed by atoms with Crippen molar-refractivity contribution in [1.82, 2.24) is 39.9 Å². The number of nitrogens with zero attached hydrogens (tertiary/aromatic N) is 9. The summed E-state index contributed by atoms with van der Waals surface area (Å²) in [5.74, 6) is 0. The zero-order chi connectivity index (χ0) is 71.0. The van der Waals surface area contributed by atoms with Gasteiger partial charge in [0.25, 0.3) is 0 Å². The van der Waals surface area contributed by atoms with E-state index in [2.05, 4.69) is 297 Å². The minimum atomic E-state index is 0. The maximum absolute atomic E-state index is 5.17. The van der Waals surface area contributed by atoms with Crippen molar-refractivity contribution in [1.29, 1.82) is 0 Å². The van der Waals surface area contributed by atoms with Crippen LogP contribution in [0, 0.1) is 12.1 Å². The molecule has 0 amide bonds. The van der Waals surface area contributed by atoms with E-state index in [-0.39, 0.29) is 40.2 Å². The van der Waals surface area contributed by atoms with Crippen LogP contribution >= 0.6 is 0 Å². The predicted molar refractivity (Wildman–Crippen MR) is 442 cm³/mol. The molecule has 0 fully saturated rings. The monoisotopic (exact) mass is 1750 g/mol. The van der Waals surface area contributed by atoms with Crippen LogP contribution in [0.1, 0.15) is 0 Å². The van der Waals surface area contributed by atoms with Gasteiger partial charge in [0.15, 0.2) is 0 Å². The van der Waals surface area contributed by atoms with Gasteiger partial charge < -0.3 is 14.9 Å². The van der Waals surface area contributed by atoms with Crippen LogP contribution in [0.15, 0.2) is 371 Å². The van der Waals surface area contributed by atoms with Crippen LogP contribution < -0.4 is 4.90 Å². The maximum atomic E-state index is 5.17. The molecule has 11 heteroatoms. The number of hydrogen-bond donors (Lipinski definition) is 0. The third kappa shape index (κ3) is 12.8. The van der Waals surface area contributed by atoms with Gasteiger partial charge in [-0.05, 0) is 151 Å². The zero-order valence-corrected chi connectivity index (χ0v) is 63.2. The third-order valence-electron chi connectivity index (χ3n) is 20.3. The van der Waals surface area contributed by atoms with Crippen molar-refractivity contribution in [3.63, 3.8) is 0 Å². The molecule has 0 N–H and O–H groups in total. The fraction of sp³-hybridized carbons (Fsp3) is 0. The fourth-order valence-electron chi connectivity index (χ4n) is 15.4. The van der Waals surface area contributed by atoms with Crippen LogP contribution in [-0.2, 0) is 40.2 Å². The Hall–Kier alpha value is -13.2. The molecule has 21 rings (SSSR count). The molecule has 0 bridgehead atoms. The van der Waals surface area contributed by atoms with Crippen molar-refractivity contribution in [2.75, 3.05) is 4.90 Å². The Bertz CT molecular complexity index is 6520. The van der Waals surface area contributed by atoms with Crippen molar-refractivity contribution in [3.8, 4) is 67.0 Å². The molecule has 109 heavy (non-hydrogen) atoms. The van der Waals surface area contributed by atoms with E-state index < -0.39 is 0 Å². The first kappa shape index (κ1) is 68.8. The molecule has 518 valence electrons. The Morgan fingerprint density at radius 3 is 1.09 bits per heavy atom. The summed E-state index contributed by atoms with van der Waals surface area (Å²) in [6, 6.07) is 118. The number of anilines is 3. The summed E-state index contributed by atoms with van der Waals surface area (Å²) in [7, 11) is 0. The standard InChI is InChI=1S/C54H33N7.C25H16N.C19H12N.2Ir/c1-10-34(40-13-4-28-55-46(40)19-1)37-22-25-49(52-43(37)16-7-31-58-52)61(50-26-23-38(44-17-8-32-59-53(44)50)35-11-2-20-47-41(35)14-5-29-56-47)51-27-24-39(45-18-9-33-60-54(45)51)36-12-3-21-48-42(36)15-6-30-57-48;1-2-10-19-18(8-1)9-7-13-20(19)23-15-16-24(25-14-5-6-17-26-25)22-12-4-3-11-21(22)23;1-3-9-16-14(6-1)8-5-11-18(16)19-17-10-4-2-7-15(17)12-13-20-19;;/h1-33H;1-15,17H;1-10,12-13H;;/q;2*-1;;. The van der Waals surface area contributed by atoms with Gasteiger partial charge in [-0.15, -0.1) is 46.8 Å². The summed E-state index contributed by atoms with van der Waals surface area (Å²) in [4.78, 5) is 40.9. The third-order valence-corrected chi connectivity index (χ3v) is 20.3. The van der Waals surface area contributed by atoms with Gasteiger partial charge in [0, 0.05) is 122 Å². The molecule has 8 heterocycles. The molecule has 0 aliphatic rings. The SMILES string of the molecule is [Ir].[Ir].[c-]1cc(-c2cccc3ccccc23)c2ccccc2c1-c1ccccn1.[c-]1ccc2ccccc2c1-c1nccc2ccccc12.c1cc(-c2ccc(N(c3ccc(-c4cccc5ncccc45)c4cccnc34)c3ccc(-c4cccc5ncccc45)c4cccnc34)c3ncccc23)c2cccnc2c1. The molecule has 0 spiro atoms. The van der Waals surface area contributed by atoms with E-state index in [0.717, 1.165) is 138 Å². The van der Waals surface area contributed by atoms with Gasteiger partial charge in [-0.25, -0.2) is 0 Å². The molecule has 9 nitrogen and oxygen atoms in total. The second-order valence-electron chi connectivity index (χ2n) is 26.2. The van der Waals surface area contributed by atoms with E-state index in [1.54, 1.807) is 0 Å². The summed E-state index contributed by atoms with van der Waals surface area (Å²) in [5.41, 5.74) is 21.2. The van der Waals surface area contributed by atoms with Gasteiger partial charge in [-0.2, -0.15) is 0 Å². The Labute approximate surface area is 655 Å². The number of pyridine rings is 8. The van der Waals surface area contributed by atoms with Crippen molar-refractivity contribution in [2.24, 2.45) is 0 Å². The fourth-order valence-corrected chi connectivity index (χ4v) is 15.4. The molecule has 2 radical (unpaired) electrons. The van der Waals surface area contributed by atoms with Gasteiger partial charge in [-0.3, -0.25) is 29.9 Å². The van der Waals surface area contributed by atoms with Crippen molar-refractivity contribution in [2.45, 2.75) is 0 Å². The van der Waals surface area contributed by atoms with Crippen molar-refractivity contribution >= 4 is 126 Å². The first-order chi connectivity index (χ1) is 53.1. The van der Waals surface area contributed by atoms with E-state index in [1.165, 1.54) is 54.2 Å². The Morgan fingerprint density at radius 2 is 0.587 bits per heavy atom. The van der Waals surface area contributed by atoms with Crippen LogP contribution in [-0.4, -0.2) is 39.9 Å². The normalized spacial score (nSPS) is 11.2. The number of aromatic nitrogens is 8. The number of rotatable bonds is 9. The summed E-state index contributed by atoms with van der Waals surface area (Å²) in [6.07, 6.45) is 14.8. The number of fused-ring (bicyclic) bond motifs is 10. The Balaban J connectivity index is 0.000000147. The molecular formula is C98H61Ir2N9-2. The van der Waals surface area contributed by atoms with E-state index in [4.69, 9.17) is 15.0 Å². The first-order valence-electron chi connectivity index (χ1n) is 35.7. The quantitative estimate of drug-likeness (QED) is 0.131. The summed E-state index contributed by atoms with van der Waals surface area (Å²) < 4.78 is 0. The van der Waals surface area contributed by atoms with E-state index >= 15 is 0 Å². The molecule has 13 aromatic carbocycles. The van der Waals surface area contributed by atoms with E-state index in [1.807, 2.05) is 116 Å². The van der Waals surface area contributed by atoms with Gasteiger partial charge in [0.05, 0.1) is 50.2 Å². The topological polar surface area (TPSA) is 106 Å². The van der Waals surface area contributed by atoms with Crippen LogP contribution in [0.3, 0.4) is 0 Å². The molecule has 21 aromatic rings. The first-order valence-corrected chi connectivity index (χ1v) is 35.7. The molecule has 0 unspecified atom stereocenters. The summed E-state index contributed by atoms with van der Waals surface area (Å²) >= 11 is 0. The molecular weight excluding hydrogens is 1690 g/mol. The van der Waals surface area contributed by atoms with E-state index in [9.17, 15) is 0 Å². The smallest absolute Gasteiger partial charge is 0.0948 e. The van der Waals surface area contributed by atoms with Crippen molar-refractivity contribution < 1.29 is 40.2 Å². The van der Waals surface area contributed by atoms with Crippen molar-refractivity contribution in [3.05, 3.63) is 383 Å². The van der Waals surface area contributed by atoms with Gasteiger partial charge in [0.1, 0.15) is 0 Å². The predicted octanol–water partition coefficient (Wildman–Crippen LogP) is 24.8. The molecule has 8 aromatic heterocycles. The average molecular weight is 1750 g/mol.